The summed E-state index contributed by atoms with van der Waals surface area (Å²) in [6, 6.07) is 12.0. The van der Waals surface area contributed by atoms with Crippen molar-refractivity contribution in [3.63, 3.8) is 0 Å². The summed E-state index contributed by atoms with van der Waals surface area (Å²) in [7, 11) is 1.59. The van der Waals surface area contributed by atoms with Gasteiger partial charge < -0.3 is 25.8 Å². The Labute approximate surface area is 174 Å². The van der Waals surface area contributed by atoms with Crippen molar-refractivity contribution in [2.24, 2.45) is 0 Å². The minimum atomic E-state index is -0.660. The molecule has 2 aromatic carbocycles. The number of nitrogens with zero attached hydrogens (tertiary/aromatic N) is 2. The van der Waals surface area contributed by atoms with Crippen molar-refractivity contribution in [2.75, 3.05) is 18.2 Å². The molecule has 1 heterocycles. The molecule has 158 valence electrons. The van der Waals surface area contributed by atoms with Crippen LogP contribution >= 0.6 is 0 Å². The molecule has 0 unspecified atom stereocenters. The summed E-state index contributed by atoms with van der Waals surface area (Å²) in [5, 5.41) is 10.1. The highest BCUT2D eigenvalue weighted by Crippen LogP contribution is 2.25. The molecule has 0 spiro atoms. The molecule has 9 nitrogen and oxygen atoms in total. The molecule has 3 aromatic rings. The van der Waals surface area contributed by atoms with Gasteiger partial charge in [-0.1, -0.05) is 12.1 Å². The van der Waals surface area contributed by atoms with Crippen molar-refractivity contribution in [2.45, 2.75) is 32.9 Å². The van der Waals surface area contributed by atoms with Gasteiger partial charge in [-0.3, -0.25) is 0 Å². The van der Waals surface area contributed by atoms with Crippen LogP contribution in [0.25, 0.3) is 10.9 Å². The quantitative estimate of drug-likeness (QED) is 0.602. The molecule has 0 aliphatic heterocycles. The number of nitrogens with two attached hydrogens (primary N) is 1. The number of amides is 2. The van der Waals surface area contributed by atoms with Gasteiger partial charge in [0.15, 0.2) is 5.82 Å². The fraction of sp³-hybridized carbons (Fsp3) is 0.286. The number of methoxy groups -OCH3 is 1. The molecule has 0 saturated heterocycles. The molecular formula is C21H25N5O4. The Bertz CT molecular complexity index is 1080. The van der Waals surface area contributed by atoms with Gasteiger partial charge in [-0.15, -0.1) is 5.10 Å². The van der Waals surface area contributed by atoms with E-state index in [4.69, 9.17) is 15.2 Å². The lowest BCUT2D eigenvalue weighted by molar-refractivity contribution is 0.0523. The van der Waals surface area contributed by atoms with Gasteiger partial charge in [0.1, 0.15) is 11.4 Å². The van der Waals surface area contributed by atoms with Crippen LogP contribution in [0.4, 0.5) is 21.1 Å². The monoisotopic (exact) mass is 411 g/mol. The first-order chi connectivity index (χ1) is 14.2. The summed E-state index contributed by atoms with van der Waals surface area (Å²) >= 11 is 0. The average Bonchev–Trinajstić information content (AvgIpc) is 3.02. The van der Waals surface area contributed by atoms with Gasteiger partial charge >= 0.3 is 12.1 Å². The maximum absolute atomic E-state index is 12.3. The van der Waals surface area contributed by atoms with Gasteiger partial charge in [0, 0.05) is 17.6 Å². The van der Waals surface area contributed by atoms with E-state index >= 15 is 0 Å². The first-order valence-corrected chi connectivity index (χ1v) is 9.35. The number of aromatic nitrogens is 2. The minimum absolute atomic E-state index is 0.163. The molecule has 2 amide bonds. The summed E-state index contributed by atoms with van der Waals surface area (Å²) in [6.45, 7) is 5.65. The van der Waals surface area contributed by atoms with Crippen LogP contribution in [-0.2, 0) is 11.3 Å². The third kappa shape index (κ3) is 4.99. The van der Waals surface area contributed by atoms with Crippen LogP contribution in [0.3, 0.4) is 0 Å². The number of benzene rings is 2. The first-order valence-electron chi connectivity index (χ1n) is 9.35. The normalized spacial score (nSPS) is 11.2. The Balaban J connectivity index is 1.70. The van der Waals surface area contributed by atoms with Crippen LogP contribution in [0, 0.1) is 0 Å². The van der Waals surface area contributed by atoms with Gasteiger partial charge in [-0.25, -0.2) is 9.59 Å². The van der Waals surface area contributed by atoms with Crippen LogP contribution in [-0.4, -0.2) is 34.6 Å². The summed E-state index contributed by atoms with van der Waals surface area (Å²) < 4.78 is 11.6. The Morgan fingerprint density at radius 2 is 1.93 bits per heavy atom. The lowest BCUT2D eigenvalue weighted by atomic mass is 10.2. The number of fused-ring (bicyclic) bond motifs is 1. The number of nitrogens with one attached hydrogen (secondary N) is 2. The third-order valence-electron chi connectivity index (χ3n) is 4.12. The van der Waals surface area contributed by atoms with E-state index in [0.29, 0.717) is 23.1 Å². The van der Waals surface area contributed by atoms with Gasteiger partial charge in [0.25, 0.3) is 0 Å². The number of rotatable bonds is 4. The van der Waals surface area contributed by atoms with E-state index in [-0.39, 0.29) is 11.8 Å². The standard InChI is InChI=1S/C21H25N5O4/c1-21(2,3)30-20(28)26-17-9-8-14(11-16(17)18(22)25-26)24-19(27)23-12-13-6-5-7-15(10-13)29-4/h5-11H,12H2,1-4H3,(H2,22,25)(H2,23,24,27). The van der Waals surface area contributed by atoms with Gasteiger partial charge in [-0.2, -0.15) is 4.68 Å². The molecular weight excluding hydrogens is 386 g/mol. The first kappa shape index (κ1) is 21.0. The highest BCUT2D eigenvalue weighted by Gasteiger charge is 2.21. The van der Waals surface area contributed by atoms with Crippen LogP contribution in [0.15, 0.2) is 42.5 Å². The Kier molecular flexibility index (Phi) is 5.81. The fourth-order valence-corrected chi connectivity index (χ4v) is 2.80. The summed E-state index contributed by atoms with van der Waals surface area (Å²) in [5.74, 6) is 0.883. The second-order valence-electron chi connectivity index (χ2n) is 7.67. The number of carbonyl (C=O) groups is 2. The molecule has 9 heteroatoms. The second kappa shape index (κ2) is 8.32. The molecule has 4 N–H and O–H groups in total. The molecule has 0 fully saturated rings. The fourth-order valence-electron chi connectivity index (χ4n) is 2.80. The van der Waals surface area contributed by atoms with Gasteiger partial charge in [-0.05, 0) is 56.7 Å². The molecule has 3 rings (SSSR count). The maximum Gasteiger partial charge on any atom is 0.435 e. The highest BCUT2D eigenvalue weighted by atomic mass is 16.6. The van der Waals surface area contributed by atoms with Crippen molar-refractivity contribution in [3.05, 3.63) is 48.0 Å². The number of urea groups is 1. The topological polar surface area (TPSA) is 120 Å². The lowest BCUT2D eigenvalue weighted by Crippen LogP contribution is -2.28. The Morgan fingerprint density at radius 1 is 1.17 bits per heavy atom. The number of anilines is 2. The van der Waals surface area contributed by atoms with Crippen LogP contribution in [0.1, 0.15) is 26.3 Å². The Hall–Kier alpha value is -3.75. The van der Waals surface area contributed by atoms with E-state index in [9.17, 15) is 9.59 Å². The van der Waals surface area contributed by atoms with Crippen LogP contribution < -0.4 is 21.1 Å². The molecule has 0 radical (unpaired) electrons. The average molecular weight is 411 g/mol. The second-order valence-corrected chi connectivity index (χ2v) is 7.67. The number of ether oxygens (including phenoxy) is 2. The van der Waals surface area contributed by atoms with Gasteiger partial charge in [0.05, 0.1) is 12.6 Å². The number of carbonyl (C=O) groups excluding carboxylic acids is 2. The zero-order valence-electron chi connectivity index (χ0n) is 17.4. The maximum atomic E-state index is 12.3. The van der Waals surface area contributed by atoms with Crippen LogP contribution in [0.5, 0.6) is 5.75 Å². The van der Waals surface area contributed by atoms with Crippen molar-refractivity contribution >= 4 is 34.5 Å². The van der Waals surface area contributed by atoms with Crippen molar-refractivity contribution in [3.8, 4) is 5.75 Å². The molecule has 30 heavy (non-hydrogen) atoms. The van der Waals surface area contributed by atoms with Crippen LogP contribution in [0.2, 0.25) is 0 Å². The van der Waals surface area contributed by atoms with Crippen molar-refractivity contribution in [1.29, 1.82) is 0 Å². The van der Waals surface area contributed by atoms with E-state index in [1.165, 1.54) is 0 Å². The Morgan fingerprint density at radius 3 is 2.63 bits per heavy atom. The zero-order valence-corrected chi connectivity index (χ0v) is 17.4. The van der Waals surface area contributed by atoms with Crippen molar-refractivity contribution in [1.82, 2.24) is 15.1 Å². The molecule has 0 bridgehead atoms. The third-order valence-corrected chi connectivity index (χ3v) is 4.12. The van der Waals surface area contributed by atoms with E-state index in [2.05, 4.69) is 15.7 Å². The van der Waals surface area contributed by atoms with Gasteiger partial charge in [0.2, 0.25) is 0 Å². The smallest absolute Gasteiger partial charge is 0.435 e. The summed E-state index contributed by atoms with van der Waals surface area (Å²) in [4.78, 5) is 24.6. The minimum Gasteiger partial charge on any atom is -0.497 e. The molecule has 0 aliphatic carbocycles. The SMILES string of the molecule is COc1cccc(CNC(=O)Nc2ccc3c(c2)c(N)nn3C(=O)OC(C)(C)C)c1. The molecule has 0 saturated carbocycles. The van der Waals surface area contributed by atoms with E-state index in [1.54, 1.807) is 46.1 Å². The molecule has 1 aromatic heterocycles. The van der Waals surface area contributed by atoms with Crippen molar-refractivity contribution < 1.29 is 19.1 Å². The summed E-state index contributed by atoms with van der Waals surface area (Å²) in [5.41, 5.74) is 7.21. The van der Waals surface area contributed by atoms with E-state index in [0.717, 1.165) is 16.0 Å². The number of hydrogen-bond acceptors (Lipinski definition) is 6. The predicted molar refractivity (Wildman–Crippen MR) is 115 cm³/mol. The number of nitrogen functional groups attached to an aromatic ring is 1. The molecule has 0 aliphatic rings. The number of hydrogen-bond donors (Lipinski definition) is 3. The summed E-state index contributed by atoms with van der Waals surface area (Å²) in [6.07, 6.45) is -0.624. The van der Waals surface area contributed by atoms with E-state index < -0.39 is 11.7 Å². The zero-order chi connectivity index (χ0) is 21.9. The lowest BCUT2D eigenvalue weighted by Gasteiger charge is -2.19. The largest absolute Gasteiger partial charge is 0.497 e. The van der Waals surface area contributed by atoms with E-state index in [1.807, 2.05) is 24.3 Å². The molecule has 0 atom stereocenters. The highest BCUT2D eigenvalue weighted by molar-refractivity contribution is 5.99. The predicted octanol–water partition coefficient (Wildman–Crippen LogP) is 3.73.